The van der Waals surface area contributed by atoms with E-state index < -0.39 is 0 Å². The Morgan fingerprint density at radius 1 is 1.22 bits per heavy atom. The third-order valence-corrected chi connectivity index (χ3v) is 4.48. The maximum atomic E-state index is 12.6. The minimum Gasteiger partial charge on any atom is -0.486 e. The monoisotopic (exact) mass is 407 g/mol. The number of aryl methyl sites for hydroxylation is 1. The lowest BCUT2D eigenvalue weighted by molar-refractivity contribution is 0.0747. The molecule has 142 valence electrons. The largest absolute Gasteiger partial charge is 0.486 e. The van der Waals surface area contributed by atoms with Crippen LogP contribution in [0.5, 0.6) is 5.75 Å². The number of nitrogens with zero attached hydrogens (tertiary/aromatic N) is 3. The topological polar surface area (TPSA) is 60.5 Å². The summed E-state index contributed by atoms with van der Waals surface area (Å²) in [5, 5.41) is 5.52. The van der Waals surface area contributed by atoms with Gasteiger partial charge in [-0.15, -0.1) is 0 Å². The van der Waals surface area contributed by atoms with E-state index in [0.717, 1.165) is 0 Å². The normalized spacial score (nSPS) is 10.8. The molecule has 8 heteroatoms. The Hall–Kier alpha value is -2.44. The summed E-state index contributed by atoms with van der Waals surface area (Å²) >= 11 is 12.0. The van der Waals surface area contributed by atoms with Crippen molar-refractivity contribution in [3.05, 3.63) is 69.9 Å². The number of amides is 1. The number of benzene rings is 1. The summed E-state index contributed by atoms with van der Waals surface area (Å²) in [5.41, 5.74) is 0.646. The highest BCUT2D eigenvalue weighted by Crippen LogP contribution is 2.19. The predicted molar refractivity (Wildman–Crippen MR) is 103 cm³/mol. The van der Waals surface area contributed by atoms with Crippen molar-refractivity contribution in [3.8, 4) is 5.75 Å². The molecule has 0 atom stereocenters. The number of hydrogen-bond donors (Lipinski definition) is 0. The molecule has 0 aliphatic heterocycles. The molecule has 0 spiro atoms. The minimum atomic E-state index is -0.255. The number of rotatable bonds is 7. The van der Waals surface area contributed by atoms with Gasteiger partial charge in [-0.2, -0.15) is 5.10 Å². The zero-order valence-corrected chi connectivity index (χ0v) is 16.5. The molecule has 0 radical (unpaired) electrons. The maximum absolute atomic E-state index is 12.6. The van der Waals surface area contributed by atoms with E-state index in [1.54, 1.807) is 54.3 Å². The van der Waals surface area contributed by atoms with Gasteiger partial charge in [-0.1, -0.05) is 23.2 Å². The number of furan rings is 1. The van der Waals surface area contributed by atoms with Crippen molar-refractivity contribution in [3.63, 3.8) is 0 Å². The zero-order chi connectivity index (χ0) is 19.4. The molecule has 3 rings (SSSR count). The van der Waals surface area contributed by atoms with Gasteiger partial charge in [-0.3, -0.25) is 9.48 Å². The molecule has 6 nitrogen and oxygen atoms in total. The molecule has 1 aromatic carbocycles. The standard InChI is InChI=1S/C19H19Cl2N3O3/c1-3-24-10-16(21)17(22-24)11-23(2)19(25)18-9-8-15(27-18)12-26-14-6-4-13(20)5-7-14/h4-10H,3,11-12H2,1-2H3. The molecule has 0 fully saturated rings. The van der Waals surface area contributed by atoms with Gasteiger partial charge in [0.15, 0.2) is 5.76 Å². The predicted octanol–water partition coefficient (Wildman–Crippen LogP) is 4.65. The third kappa shape index (κ3) is 4.84. The summed E-state index contributed by atoms with van der Waals surface area (Å²) in [7, 11) is 1.68. The average Bonchev–Trinajstić information content (AvgIpc) is 3.27. The summed E-state index contributed by atoms with van der Waals surface area (Å²) in [6, 6.07) is 10.4. The minimum absolute atomic E-state index is 0.214. The molecule has 1 amide bonds. The summed E-state index contributed by atoms with van der Waals surface area (Å²) in [4.78, 5) is 14.1. The van der Waals surface area contributed by atoms with Crippen molar-refractivity contribution >= 4 is 29.1 Å². The average molecular weight is 408 g/mol. The van der Waals surface area contributed by atoms with Gasteiger partial charge in [0, 0.05) is 24.8 Å². The van der Waals surface area contributed by atoms with Crippen LogP contribution in [-0.2, 0) is 19.7 Å². The van der Waals surface area contributed by atoms with Gasteiger partial charge in [0.05, 0.1) is 11.6 Å². The van der Waals surface area contributed by atoms with E-state index in [9.17, 15) is 4.79 Å². The van der Waals surface area contributed by atoms with Crippen LogP contribution in [0.2, 0.25) is 10.0 Å². The Balaban J connectivity index is 1.59. The second-order valence-electron chi connectivity index (χ2n) is 5.95. The Morgan fingerprint density at radius 2 is 1.96 bits per heavy atom. The van der Waals surface area contributed by atoms with Crippen LogP contribution in [0.25, 0.3) is 0 Å². The summed E-state index contributed by atoms with van der Waals surface area (Å²) < 4.78 is 13.0. The zero-order valence-electron chi connectivity index (χ0n) is 15.0. The molecule has 0 N–H and O–H groups in total. The SMILES string of the molecule is CCn1cc(Cl)c(CN(C)C(=O)c2ccc(COc3ccc(Cl)cc3)o2)n1. The molecular formula is C19H19Cl2N3O3. The number of carbonyl (C=O) groups is 1. The fourth-order valence-corrected chi connectivity index (χ4v) is 2.78. The lowest BCUT2D eigenvalue weighted by Gasteiger charge is -2.14. The fourth-order valence-electron chi connectivity index (χ4n) is 2.45. The number of hydrogen-bond acceptors (Lipinski definition) is 4. The van der Waals surface area contributed by atoms with Crippen LogP contribution in [0.1, 0.15) is 28.9 Å². The van der Waals surface area contributed by atoms with Crippen molar-refractivity contribution in [2.75, 3.05) is 7.05 Å². The molecule has 27 heavy (non-hydrogen) atoms. The van der Waals surface area contributed by atoms with Crippen LogP contribution in [-0.4, -0.2) is 27.6 Å². The van der Waals surface area contributed by atoms with Crippen molar-refractivity contribution in [1.29, 1.82) is 0 Å². The van der Waals surface area contributed by atoms with Gasteiger partial charge in [-0.05, 0) is 43.3 Å². The van der Waals surface area contributed by atoms with E-state index in [0.29, 0.717) is 40.3 Å². The van der Waals surface area contributed by atoms with Crippen LogP contribution >= 0.6 is 23.2 Å². The van der Waals surface area contributed by atoms with E-state index in [2.05, 4.69) is 5.10 Å². The quantitative estimate of drug-likeness (QED) is 0.571. The number of carbonyl (C=O) groups excluding carboxylic acids is 1. The molecule has 0 bridgehead atoms. The summed E-state index contributed by atoms with van der Waals surface area (Å²) in [5.74, 6) is 1.20. The Labute approximate surface area is 167 Å². The van der Waals surface area contributed by atoms with Crippen LogP contribution < -0.4 is 4.74 Å². The van der Waals surface area contributed by atoms with Gasteiger partial charge >= 0.3 is 0 Å². The highest BCUT2D eigenvalue weighted by atomic mass is 35.5. The van der Waals surface area contributed by atoms with Crippen LogP contribution in [0.3, 0.4) is 0 Å². The number of halogens is 2. The molecule has 0 saturated carbocycles. The molecule has 0 aliphatic carbocycles. The summed E-state index contributed by atoms with van der Waals surface area (Å²) in [6.07, 6.45) is 1.74. The molecule has 3 aromatic rings. The van der Waals surface area contributed by atoms with Crippen LogP contribution in [0.4, 0.5) is 0 Å². The van der Waals surface area contributed by atoms with Crippen LogP contribution in [0, 0.1) is 0 Å². The number of aromatic nitrogens is 2. The lowest BCUT2D eigenvalue weighted by atomic mass is 10.3. The van der Waals surface area contributed by atoms with Crippen molar-refractivity contribution < 1.29 is 13.9 Å². The molecule has 2 aromatic heterocycles. The van der Waals surface area contributed by atoms with Gasteiger partial charge < -0.3 is 14.1 Å². The first-order chi connectivity index (χ1) is 13.0. The van der Waals surface area contributed by atoms with Gasteiger partial charge in [0.2, 0.25) is 0 Å². The van der Waals surface area contributed by atoms with Gasteiger partial charge in [-0.25, -0.2) is 0 Å². The van der Waals surface area contributed by atoms with Crippen molar-refractivity contribution in [2.24, 2.45) is 0 Å². The fraction of sp³-hybridized carbons (Fsp3) is 0.263. The molecule has 0 unspecified atom stereocenters. The molecule has 0 saturated heterocycles. The second-order valence-corrected chi connectivity index (χ2v) is 6.79. The highest BCUT2D eigenvalue weighted by Gasteiger charge is 2.19. The number of ether oxygens (including phenoxy) is 1. The van der Waals surface area contributed by atoms with E-state index in [1.165, 1.54) is 4.90 Å². The second kappa shape index (κ2) is 8.50. The van der Waals surface area contributed by atoms with Gasteiger partial charge in [0.1, 0.15) is 23.8 Å². The summed E-state index contributed by atoms with van der Waals surface area (Å²) in [6.45, 7) is 3.19. The Kier molecular flexibility index (Phi) is 6.08. The molecule has 0 aliphatic rings. The van der Waals surface area contributed by atoms with E-state index >= 15 is 0 Å². The first kappa shape index (κ1) is 19.3. The highest BCUT2D eigenvalue weighted by molar-refractivity contribution is 6.31. The van der Waals surface area contributed by atoms with Crippen LogP contribution in [0.15, 0.2) is 47.0 Å². The smallest absolute Gasteiger partial charge is 0.289 e. The Bertz CT molecular complexity index is 919. The maximum Gasteiger partial charge on any atom is 0.289 e. The molecular weight excluding hydrogens is 389 g/mol. The molecule has 2 heterocycles. The van der Waals surface area contributed by atoms with E-state index in [-0.39, 0.29) is 18.3 Å². The van der Waals surface area contributed by atoms with Crippen molar-refractivity contribution in [2.45, 2.75) is 26.6 Å². The Morgan fingerprint density at radius 3 is 2.63 bits per heavy atom. The lowest BCUT2D eigenvalue weighted by Crippen LogP contribution is -2.26. The van der Waals surface area contributed by atoms with Gasteiger partial charge in [0.25, 0.3) is 5.91 Å². The first-order valence-corrected chi connectivity index (χ1v) is 9.16. The van der Waals surface area contributed by atoms with Crippen molar-refractivity contribution in [1.82, 2.24) is 14.7 Å². The third-order valence-electron chi connectivity index (χ3n) is 3.91. The van der Waals surface area contributed by atoms with E-state index in [4.69, 9.17) is 32.4 Å². The first-order valence-electron chi connectivity index (χ1n) is 8.40. The van der Waals surface area contributed by atoms with E-state index in [1.807, 2.05) is 6.92 Å².